The zero-order valence-electron chi connectivity index (χ0n) is 20.8. The first-order valence-electron chi connectivity index (χ1n) is 12.1. The average Bonchev–Trinajstić information content (AvgIpc) is 3.33. The Morgan fingerprint density at radius 2 is 1.65 bits per heavy atom. The molecule has 0 radical (unpaired) electrons. The van der Waals surface area contributed by atoms with Crippen LogP contribution < -0.4 is 10.8 Å². The Labute approximate surface area is 221 Å². The second-order valence-electron chi connectivity index (χ2n) is 9.47. The number of rotatable bonds is 6. The van der Waals surface area contributed by atoms with Crippen LogP contribution in [0, 0.1) is 0 Å². The highest BCUT2D eigenvalue weighted by molar-refractivity contribution is 7.92. The zero-order valence-corrected chi connectivity index (χ0v) is 22.4. The lowest BCUT2D eigenvalue weighted by molar-refractivity contribution is -0.129. The standard InChI is InChI=1S/C27H31N3O5S2/c1-19(2)28-26(32)30-14-13-27(18-24(31)29-33,37(34,35)17-15-30)25-23(12-16-36-25)22-10-8-21(9-11-22)20-6-4-3-5-7-20/h3-12,16,19,33H,13-15,17-18H2,1-2H3,(H,28,32)(H,29,31). The third-order valence-electron chi connectivity index (χ3n) is 6.66. The normalized spacial score (nSPS) is 19.3. The molecule has 2 heterocycles. The average molecular weight is 542 g/mol. The molecule has 37 heavy (non-hydrogen) atoms. The molecular weight excluding hydrogens is 510 g/mol. The molecule has 196 valence electrons. The van der Waals surface area contributed by atoms with Crippen LogP contribution in [0.4, 0.5) is 4.79 Å². The number of carbonyl (C=O) groups is 2. The van der Waals surface area contributed by atoms with E-state index in [1.165, 1.54) is 16.2 Å². The van der Waals surface area contributed by atoms with Gasteiger partial charge < -0.3 is 10.2 Å². The van der Waals surface area contributed by atoms with Gasteiger partial charge in [-0.3, -0.25) is 10.0 Å². The summed E-state index contributed by atoms with van der Waals surface area (Å²) in [5.74, 6) is -1.08. The molecule has 1 atom stereocenters. The number of urea groups is 1. The van der Waals surface area contributed by atoms with Gasteiger partial charge >= 0.3 is 6.03 Å². The lowest BCUT2D eigenvalue weighted by Crippen LogP contribution is -2.44. The molecule has 8 nitrogen and oxygen atoms in total. The van der Waals surface area contributed by atoms with E-state index in [1.807, 2.05) is 79.9 Å². The van der Waals surface area contributed by atoms with Crippen LogP contribution in [0.5, 0.6) is 0 Å². The van der Waals surface area contributed by atoms with E-state index in [-0.39, 0.29) is 37.3 Å². The Hall–Kier alpha value is -3.21. The van der Waals surface area contributed by atoms with Gasteiger partial charge in [0.15, 0.2) is 9.84 Å². The molecule has 10 heteroatoms. The summed E-state index contributed by atoms with van der Waals surface area (Å²) in [6.07, 6.45) is -0.412. The monoisotopic (exact) mass is 541 g/mol. The van der Waals surface area contributed by atoms with E-state index in [4.69, 9.17) is 0 Å². The maximum Gasteiger partial charge on any atom is 0.317 e. The van der Waals surface area contributed by atoms with Crippen LogP contribution in [0.3, 0.4) is 0 Å². The topological polar surface area (TPSA) is 116 Å². The number of amides is 3. The molecule has 3 N–H and O–H groups in total. The Morgan fingerprint density at radius 1 is 1.00 bits per heavy atom. The molecule has 1 aliphatic rings. The van der Waals surface area contributed by atoms with Gasteiger partial charge in [-0.1, -0.05) is 54.6 Å². The molecular formula is C27H31N3O5S2. The highest BCUT2D eigenvalue weighted by atomic mass is 32.2. The fraction of sp³-hybridized carbons (Fsp3) is 0.333. The highest BCUT2D eigenvalue weighted by Crippen LogP contribution is 2.47. The van der Waals surface area contributed by atoms with Crippen molar-refractivity contribution in [3.05, 3.63) is 70.9 Å². The molecule has 1 aliphatic heterocycles. The van der Waals surface area contributed by atoms with Crippen molar-refractivity contribution in [1.29, 1.82) is 0 Å². The molecule has 1 saturated heterocycles. The summed E-state index contributed by atoms with van der Waals surface area (Å²) in [6.45, 7) is 3.85. The first-order valence-corrected chi connectivity index (χ1v) is 14.6. The molecule has 2 aromatic carbocycles. The highest BCUT2D eigenvalue weighted by Gasteiger charge is 2.50. The van der Waals surface area contributed by atoms with E-state index < -0.39 is 26.9 Å². The third kappa shape index (κ3) is 5.56. The van der Waals surface area contributed by atoms with Crippen LogP contribution in [-0.2, 0) is 19.4 Å². The SMILES string of the molecule is CC(C)NC(=O)N1CCC(CC(=O)NO)(c2sccc2-c2ccc(-c3ccccc3)cc2)S(=O)(=O)CC1. The number of benzene rings is 2. The first kappa shape index (κ1) is 26.8. The molecule has 0 aliphatic carbocycles. The predicted octanol–water partition coefficient (Wildman–Crippen LogP) is 4.41. The van der Waals surface area contributed by atoms with E-state index >= 15 is 0 Å². The summed E-state index contributed by atoms with van der Waals surface area (Å²) in [6, 6.07) is 19.2. The van der Waals surface area contributed by atoms with Gasteiger partial charge in [-0.25, -0.2) is 18.7 Å². The number of nitrogens with zero attached hydrogens (tertiary/aromatic N) is 1. The molecule has 0 bridgehead atoms. The molecule has 4 rings (SSSR count). The number of thiophene rings is 1. The summed E-state index contributed by atoms with van der Waals surface area (Å²) in [7, 11) is -3.91. The summed E-state index contributed by atoms with van der Waals surface area (Å²) in [5, 5.41) is 13.9. The van der Waals surface area contributed by atoms with Gasteiger partial charge in [0.25, 0.3) is 0 Å². The number of hydrogen-bond donors (Lipinski definition) is 3. The Morgan fingerprint density at radius 3 is 2.30 bits per heavy atom. The van der Waals surface area contributed by atoms with E-state index in [1.54, 1.807) is 5.48 Å². The molecule has 1 unspecified atom stereocenters. The molecule has 0 spiro atoms. The molecule has 1 fully saturated rings. The number of nitrogens with one attached hydrogen (secondary N) is 2. The minimum absolute atomic E-state index is 0.0237. The Kier molecular flexibility index (Phi) is 8.01. The van der Waals surface area contributed by atoms with Crippen molar-refractivity contribution >= 4 is 33.1 Å². The van der Waals surface area contributed by atoms with Crippen LogP contribution >= 0.6 is 11.3 Å². The number of hydrogen-bond acceptors (Lipinski definition) is 6. The largest absolute Gasteiger partial charge is 0.336 e. The second kappa shape index (κ2) is 11.0. The minimum Gasteiger partial charge on any atom is -0.336 e. The Balaban J connectivity index is 1.75. The maximum absolute atomic E-state index is 13.9. The first-order chi connectivity index (χ1) is 17.7. The molecule has 0 saturated carbocycles. The van der Waals surface area contributed by atoms with E-state index in [0.29, 0.717) is 4.88 Å². The van der Waals surface area contributed by atoms with E-state index in [2.05, 4.69) is 5.32 Å². The number of hydroxylamine groups is 1. The second-order valence-corrected chi connectivity index (χ2v) is 12.8. The van der Waals surface area contributed by atoms with Crippen molar-refractivity contribution in [3.8, 4) is 22.3 Å². The zero-order chi connectivity index (χ0) is 26.6. The Bertz CT molecular complexity index is 1350. The van der Waals surface area contributed by atoms with E-state index in [0.717, 1.165) is 22.3 Å². The van der Waals surface area contributed by atoms with Gasteiger partial charge in [-0.15, -0.1) is 11.3 Å². The van der Waals surface area contributed by atoms with Crippen molar-refractivity contribution in [2.75, 3.05) is 18.8 Å². The fourth-order valence-electron chi connectivity index (χ4n) is 4.74. The lowest BCUT2D eigenvalue weighted by Gasteiger charge is -2.31. The van der Waals surface area contributed by atoms with Crippen molar-refractivity contribution in [3.63, 3.8) is 0 Å². The minimum atomic E-state index is -3.91. The van der Waals surface area contributed by atoms with Gasteiger partial charge in [-0.2, -0.15) is 0 Å². The van der Waals surface area contributed by atoms with E-state index in [9.17, 15) is 23.2 Å². The van der Waals surface area contributed by atoms with Crippen molar-refractivity contribution in [2.24, 2.45) is 0 Å². The van der Waals surface area contributed by atoms with Crippen molar-refractivity contribution < 1.29 is 23.2 Å². The van der Waals surface area contributed by atoms with Crippen LogP contribution in [0.2, 0.25) is 0 Å². The smallest absolute Gasteiger partial charge is 0.317 e. The predicted molar refractivity (Wildman–Crippen MR) is 145 cm³/mol. The van der Waals surface area contributed by atoms with Crippen molar-refractivity contribution in [2.45, 2.75) is 37.5 Å². The summed E-state index contributed by atoms with van der Waals surface area (Å²) in [4.78, 5) is 27.2. The molecule has 3 aromatic rings. The summed E-state index contributed by atoms with van der Waals surface area (Å²) in [5.41, 5.74) is 5.26. The summed E-state index contributed by atoms with van der Waals surface area (Å²) >= 11 is 1.27. The van der Waals surface area contributed by atoms with Gasteiger partial charge in [-0.05, 0) is 54.0 Å². The fourth-order valence-corrected chi connectivity index (χ4v) is 8.31. The lowest BCUT2D eigenvalue weighted by atomic mass is 9.91. The van der Waals surface area contributed by atoms with Gasteiger partial charge in [0, 0.05) is 24.0 Å². The quantitative estimate of drug-likeness (QED) is 0.316. The van der Waals surface area contributed by atoms with Crippen LogP contribution in [0.15, 0.2) is 66.0 Å². The van der Waals surface area contributed by atoms with Gasteiger partial charge in [0.1, 0.15) is 4.75 Å². The number of carbonyl (C=O) groups excluding carboxylic acids is 2. The summed E-state index contributed by atoms with van der Waals surface area (Å²) < 4.78 is 26.2. The van der Waals surface area contributed by atoms with Crippen LogP contribution in [0.25, 0.3) is 22.3 Å². The third-order valence-corrected chi connectivity index (χ3v) is 10.4. The van der Waals surface area contributed by atoms with Crippen molar-refractivity contribution in [1.82, 2.24) is 15.7 Å². The van der Waals surface area contributed by atoms with Crippen LogP contribution in [-0.4, -0.2) is 55.3 Å². The van der Waals surface area contributed by atoms with Gasteiger partial charge in [0.05, 0.1) is 12.2 Å². The molecule has 3 amide bonds. The van der Waals surface area contributed by atoms with Gasteiger partial charge in [0.2, 0.25) is 5.91 Å². The van der Waals surface area contributed by atoms with Crippen LogP contribution in [0.1, 0.15) is 31.6 Å². The maximum atomic E-state index is 13.9. The number of sulfone groups is 1. The molecule has 1 aromatic heterocycles.